The molecule has 5 rings (SSSR count). The van der Waals surface area contributed by atoms with Crippen LogP contribution in [-0.2, 0) is 9.59 Å². The lowest BCUT2D eigenvalue weighted by Crippen LogP contribution is -2.60. The van der Waals surface area contributed by atoms with Gasteiger partial charge in [-0.1, -0.05) is 6.92 Å². The predicted molar refractivity (Wildman–Crippen MR) is 154 cm³/mol. The van der Waals surface area contributed by atoms with Crippen LogP contribution in [0.4, 0.5) is 13.2 Å². The molecule has 240 valence electrons. The largest absolute Gasteiger partial charge is 0.395 e. The number of fused-ring (bicyclic) bond motifs is 1. The summed E-state index contributed by atoms with van der Waals surface area (Å²) in [6.07, 6.45) is 0.283. The molecule has 42 heavy (non-hydrogen) atoms. The predicted octanol–water partition coefficient (Wildman–Crippen LogP) is 2.71. The minimum absolute atomic E-state index is 0.0450. The number of alkyl halides is 3. The molecule has 10 unspecified atom stereocenters. The van der Waals surface area contributed by atoms with Gasteiger partial charge in [0.05, 0.1) is 12.5 Å². The zero-order chi connectivity index (χ0) is 30.2. The SMILES string of the molecule is CC1CC2C(CN1)CC(C1CC(NC(=O)C3CC(N4CCN(CCO)CC4)CC(C(F)(F)F)C3)CCC1C)C(=O)N2C. The highest BCUT2D eigenvalue weighted by Gasteiger charge is 2.49. The molecule has 10 atom stereocenters. The number of halogens is 3. The number of nitrogens with zero attached hydrogens (tertiary/aromatic N) is 3. The van der Waals surface area contributed by atoms with Crippen molar-refractivity contribution in [1.29, 1.82) is 0 Å². The Hall–Kier alpha value is -1.43. The van der Waals surface area contributed by atoms with Gasteiger partial charge < -0.3 is 20.6 Å². The van der Waals surface area contributed by atoms with Gasteiger partial charge >= 0.3 is 6.18 Å². The van der Waals surface area contributed by atoms with Gasteiger partial charge in [-0.25, -0.2) is 0 Å². The third kappa shape index (κ3) is 7.10. The molecular weight excluding hydrogens is 547 g/mol. The number of nitrogens with one attached hydrogen (secondary N) is 2. The molecule has 11 heteroatoms. The van der Waals surface area contributed by atoms with Gasteiger partial charge in [0.2, 0.25) is 11.8 Å². The highest BCUT2D eigenvalue weighted by Crippen LogP contribution is 2.44. The molecule has 0 aromatic heterocycles. The van der Waals surface area contributed by atoms with E-state index in [1.165, 1.54) is 0 Å². The minimum atomic E-state index is -4.32. The first kappa shape index (κ1) is 32.0. The highest BCUT2D eigenvalue weighted by molar-refractivity contribution is 5.81. The van der Waals surface area contributed by atoms with E-state index in [0.717, 1.165) is 45.3 Å². The topological polar surface area (TPSA) is 88.1 Å². The van der Waals surface area contributed by atoms with Crippen LogP contribution in [0.5, 0.6) is 0 Å². The molecule has 0 spiro atoms. The first-order valence-electron chi connectivity index (χ1n) is 16.4. The number of β-amino-alcohol motifs (C(OH)–C–C–N with tert-alkyl or cyclic N) is 1. The van der Waals surface area contributed by atoms with Gasteiger partial charge in [0.25, 0.3) is 0 Å². The summed E-state index contributed by atoms with van der Waals surface area (Å²) in [6, 6.07) is 0.300. The zero-order valence-corrected chi connectivity index (χ0v) is 25.6. The third-order valence-electron chi connectivity index (χ3n) is 11.6. The number of aliphatic hydroxyl groups is 1. The van der Waals surface area contributed by atoms with Gasteiger partial charge in [-0.3, -0.25) is 19.4 Å². The normalized spacial score (nSPS) is 40.9. The van der Waals surface area contributed by atoms with Crippen LogP contribution < -0.4 is 10.6 Å². The zero-order valence-electron chi connectivity index (χ0n) is 25.6. The molecule has 5 aliphatic rings. The van der Waals surface area contributed by atoms with Crippen molar-refractivity contribution in [2.45, 2.75) is 95.6 Å². The molecule has 3 heterocycles. The summed E-state index contributed by atoms with van der Waals surface area (Å²) >= 11 is 0. The average molecular weight is 600 g/mol. The number of piperidine rings is 2. The maximum Gasteiger partial charge on any atom is 0.391 e. The van der Waals surface area contributed by atoms with Crippen molar-refractivity contribution >= 4 is 11.8 Å². The number of carbonyl (C=O) groups excluding carboxylic acids is 2. The van der Waals surface area contributed by atoms with Gasteiger partial charge in [0.1, 0.15) is 0 Å². The van der Waals surface area contributed by atoms with Gasteiger partial charge in [-0.05, 0) is 76.0 Å². The number of amides is 2. The summed E-state index contributed by atoms with van der Waals surface area (Å²) in [5.41, 5.74) is 0. The number of aliphatic hydroxyl groups excluding tert-OH is 1. The van der Waals surface area contributed by atoms with E-state index < -0.39 is 18.0 Å². The van der Waals surface area contributed by atoms with Crippen molar-refractivity contribution in [1.82, 2.24) is 25.3 Å². The molecule has 3 N–H and O–H groups in total. The van der Waals surface area contributed by atoms with Gasteiger partial charge in [0.15, 0.2) is 0 Å². The highest BCUT2D eigenvalue weighted by atomic mass is 19.4. The van der Waals surface area contributed by atoms with E-state index in [1.54, 1.807) is 0 Å². The second kappa shape index (κ2) is 13.3. The van der Waals surface area contributed by atoms with Crippen LogP contribution in [0.25, 0.3) is 0 Å². The summed E-state index contributed by atoms with van der Waals surface area (Å²) in [5.74, 6) is -1.28. The number of likely N-dealkylation sites (tertiary alicyclic amines) is 1. The summed E-state index contributed by atoms with van der Waals surface area (Å²) in [7, 11) is 1.94. The monoisotopic (exact) mass is 599 g/mol. The van der Waals surface area contributed by atoms with Crippen molar-refractivity contribution in [3.05, 3.63) is 0 Å². The van der Waals surface area contributed by atoms with Crippen LogP contribution in [-0.4, -0.2) is 115 Å². The smallest absolute Gasteiger partial charge is 0.391 e. The van der Waals surface area contributed by atoms with Gasteiger partial charge in [0, 0.05) is 82.3 Å². The standard InChI is InChI=1S/C31H52F3N5O3/c1-19-4-5-24(17-26(19)27-15-22-18-35-20(2)12-28(22)37(3)30(27)42)36-29(41)21-13-23(31(32,33)34)16-25(14-21)39-8-6-38(7-9-39)10-11-40/h19-28,35,40H,4-18H2,1-3H3,(H,36,41). The molecule has 0 aromatic carbocycles. The second-order valence-corrected chi connectivity index (χ2v) is 14.2. The fourth-order valence-corrected chi connectivity index (χ4v) is 8.98. The maximum absolute atomic E-state index is 14.0. The van der Waals surface area contributed by atoms with E-state index >= 15 is 0 Å². The minimum Gasteiger partial charge on any atom is -0.395 e. The van der Waals surface area contributed by atoms with Crippen LogP contribution >= 0.6 is 0 Å². The van der Waals surface area contributed by atoms with E-state index in [4.69, 9.17) is 0 Å². The summed E-state index contributed by atoms with van der Waals surface area (Å²) in [4.78, 5) is 33.4. The van der Waals surface area contributed by atoms with Crippen LogP contribution in [0.2, 0.25) is 0 Å². The molecular formula is C31H52F3N5O3. The van der Waals surface area contributed by atoms with Crippen LogP contribution in [0.1, 0.15) is 65.2 Å². The molecule has 3 aliphatic heterocycles. The van der Waals surface area contributed by atoms with Crippen molar-refractivity contribution < 1.29 is 27.9 Å². The fraction of sp³-hybridized carbons (Fsp3) is 0.935. The van der Waals surface area contributed by atoms with Crippen molar-refractivity contribution in [2.24, 2.45) is 35.5 Å². The lowest BCUT2D eigenvalue weighted by molar-refractivity contribution is -0.192. The Kier molecular flexibility index (Phi) is 10.1. The first-order chi connectivity index (χ1) is 19.9. The second-order valence-electron chi connectivity index (χ2n) is 14.2. The Bertz CT molecular complexity index is 945. The lowest BCUT2D eigenvalue weighted by atomic mass is 9.65. The summed E-state index contributed by atoms with van der Waals surface area (Å²) in [5, 5.41) is 16.0. The van der Waals surface area contributed by atoms with E-state index in [1.807, 2.05) is 11.9 Å². The summed E-state index contributed by atoms with van der Waals surface area (Å²) in [6.45, 7) is 8.71. The van der Waals surface area contributed by atoms with E-state index in [9.17, 15) is 27.9 Å². The van der Waals surface area contributed by atoms with Crippen LogP contribution in [0.3, 0.4) is 0 Å². The molecule has 0 aromatic rings. The number of carbonyl (C=O) groups is 2. The Balaban J connectivity index is 1.22. The number of hydrogen-bond acceptors (Lipinski definition) is 6. The number of piperazine rings is 1. The van der Waals surface area contributed by atoms with Crippen molar-refractivity contribution in [2.75, 3.05) is 52.9 Å². The van der Waals surface area contributed by atoms with Crippen molar-refractivity contribution in [3.8, 4) is 0 Å². The molecule has 2 aliphatic carbocycles. The number of rotatable bonds is 6. The fourth-order valence-electron chi connectivity index (χ4n) is 8.98. The summed E-state index contributed by atoms with van der Waals surface area (Å²) < 4.78 is 42.1. The molecule has 0 radical (unpaired) electrons. The molecule has 0 bridgehead atoms. The Morgan fingerprint density at radius 1 is 1.02 bits per heavy atom. The van der Waals surface area contributed by atoms with Crippen LogP contribution in [0.15, 0.2) is 0 Å². The molecule has 3 saturated heterocycles. The quantitative estimate of drug-likeness (QED) is 0.436. The van der Waals surface area contributed by atoms with Gasteiger partial charge in [-0.15, -0.1) is 0 Å². The molecule has 2 saturated carbocycles. The Labute approximate surface area is 249 Å². The maximum atomic E-state index is 14.0. The molecule has 8 nitrogen and oxygen atoms in total. The molecule has 5 fully saturated rings. The lowest BCUT2D eigenvalue weighted by Gasteiger charge is -2.50. The Morgan fingerprint density at radius 2 is 1.76 bits per heavy atom. The van der Waals surface area contributed by atoms with Gasteiger partial charge in [-0.2, -0.15) is 13.2 Å². The first-order valence-corrected chi connectivity index (χ1v) is 16.4. The van der Waals surface area contributed by atoms with E-state index in [-0.39, 0.29) is 61.2 Å². The van der Waals surface area contributed by atoms with Crippen LogP contribution in [0, 0.1) is 35.5 Å². The average Bonchev–Trinajstić information content (AvgIpc) is 2.96. The Morgan fingerprint density at radius 3 is 2.45 bits per heavy atom. The third-order valence-corrected chi connectivity index (χ3v) is 11.6. The number of hydrogen-bond donors (Lipinski definition) is 3. The van der Waals surface area contributed by atoms with E-state index in [2.05, 4.69) is 34.3 Å². The van der Waals surface area contributed by atoms with Crippen molar-refractivity contribution in [3.63, 3.8) is 0 Å². The molecule has 2 amide bonds. The van der Waals surface area contributed by atoms with E-state index in [0.29, 0.717) is 50.4 Å².